The first-order chi connectivity index (χ1) is 19.3. The Morgan fingerprint density at radius 2 is 1.62 bits per heavy atom. The van der Waals surface area contributed by atoms with Crippen LogP contribution in [0.15, 0.2) is 54.6 Å². The van der Waals surface area contributed by atoms with Gasteiger partial charge in [-0.1, -0.05) is 55.8 Å². The van der Waals surface area contributed by atoms with Gasteiger partial charge in [0.2, 0.25) is 11.8 Å². The van der Waals surface area contributed by atoms with Crippen molar-refractivity contribution in [2.45, 2.75) is 57.7 Å². The zero-order valence-electron chi connectivity index (χ0n) is 24.0. The third kappa shape index (κ3) is 15.3. The van der Waals surface area contributed by atoms with E-state index in [4.69, 9.17) is 21.9 Å². The molecule has 0 fully saturated rings. The molecule has 10 heteroatoms. The van der Waals surface area contributed by atoms with Gasteiger partial charge in [0.25, 0.3) is 0 Å². The smallest absolute Gasteiger partial charge is 0.242 e. The van der Waals surface area contributed by atoms with Crippen molar-refractivity contribution in [3.63, 3.8) is 0 Å². The van der Waals surface area contributed by atoms with Crippen LogP contribution in [0.4, 0.5) is 0 Å². The summed E-state index contributed by atoms with van der Waals surface area (Å²) in [6.07, 6.45) is 3.62. The number of carbonyl (C=O) groups excluding carboxylic acids is 3. The maximum Gasteiger partial charge on any atom is 0.242 e. The van der Waals surface area contributed by atoms with E-state index in [1.165, 1.54) is 0 Å². The Morgan fingerprint density at radius 1 is 0.975 bits per heavy atom. The summed E-state index contributed by atoms with van der Waals surface area (Å²) in [6, 6.07) is 15.6. The Bertz CT molecular complexity index is 952. The summed E-state index contributed by atoms with van der Waals surface area (Å²) in [5.74, 6) is -0.0135. The Morgan fingerprint density at radius 3 is 2.20 bits per heavy atom. The number of carbonyl (C=O) groups is 3. The molecule has 0 heterocycles. The topological polar surface area (TPSA) is 166 Å². The molecule has 2 rings (SSSR count). The highest BCUT2D eigenvalue weighted by atomic mass is 16.5. The number of nitrogens with two attached hydrogens (primary N) is 3. The van der Waals surface area contributed by atoms with Gasteiger partial charge in [-0.2, -0.15) is 0 Å². The lowest BCUT2D eigenvalue weighted by molar-refractivity contribution is -0.130. The lowest BCUT2D eigenvalue weighted by Gasteiger charge is -2.20. The average molecular weight is 557 g/mol. The second-order valence-electron chi connectivity index (χ2n) is 9.54. The van der Waals surface area contributed by atoms with E-state index in [-0.39, 0.29) is 12.3 Å². The number of hydrogen-bond acceptors (Lipinski definition) is 8. The molecule has 8 N–H and O–H groups in total. The highest BCUT2D eigenvalue weighted by molar-refractivity contribution is 5.90. The van der Waals surface area contributed by atoms with Crippen molar-refractivity contribution in [2.75, 3.05) is 39.8 Å². The molecule has 0 aliphatic carbocycles. The summed E-state index contributed by atoms with van der Waals surface area (Å²) in [4.78, 5) is 37.9. The molecule has 40 heavy (non-hydrogen) atoms. The molecular weight excluding hydrogens is 508 g/mol. The van der Waals surface area contributed by atoms with Crippen LogP contribution in [0, 0.1) is 0 Å². The van der Waals surface area contributed by atoms with Crippen molar-refractivity contribution in [3.05, 3.63) is 65.7 Å². The number of nitrogens with one attached hydrogen (secondary N) is 2. The van der Waals surface area contributed by atoms with E-state index in [1.54, 1.807) is 0 Å². The van der Waals surface area contributed by atoms with Gasteiger partial charge in [0.1, 0.15) is 18.1 Å². The molecule has 0 saturated carbocycles. The lowest BCUT2D eigenvalue weighted by atomic mass is 10.0. The number of aldehydes is 1. The summed E-state index contributed by atoms with van der Waals surface area (Å²) in [6.45, 7) is 6.44. The molecule has 0 aromatic heterocycles. The predicted octanol–water partition coefficient (Wildman–Crippen LogP) is 1.35. The van der Waals surface area contributed by atoms with E-state index in [2.05, 4.69) is 22.5 Å². The number of likely N-dealkylation sites (N-methyl/N-ethyl adjacent to an activating group) is 1. The van der Waals surface area contributed by atoms with Crippen molar-refractivity contribution in [3.8, 4) is 5.75 Å². The Kier molecular flexibility index (Phi) is 18.7. The predicted molar refractivity (Wildman–Crippen MR) is 160 cm³/mol. The zero-order valence-corrected chi connectivity index (χ0v) is 24.0. The van der Waals surface area contributed by atoms with Gasteiger partial charge in [-0.05, 0) is 49.6 Å². The number of nitrogens with zero attached hydrogens (tertiary/aromatic N) is 1. The third-order valence-corrected chi connectivity index (χ3v) is 6.06. The minimum Gasteiger partial charge on any atom is -0.494 e. The molecule has 0 radical (unpaired) electrons. The summed E-state index contributed by atoms with van der Waals surface area (Å²) >= 11 is 0. The fraction of sp³-hybridized carbons (Fsp3) is 0.500. The quantitative estimate of drug-likeness (QED) is 0.136. The number of amides is 2. The van der Waals surface area contributed by atoms with Gasteiger partial charge < -0.3 is 42.3 Å². The first kappa shape index (κ1) is 34.7. The molecule has 0 bridgehead atoms. The summed E-state index contributed by atoms with van der Waals surface area (Å²) in [5.41, 5.74) is 18.3. The molecule has 222 valence electrons. The van der Waals surface area contributed by atoms with Gasteiger partial charge in [-0.3, -0.25) is 9.59 Å². The third-order valence-electron chi connectivity index (χ3n) is 6.06. The van der Waals surface area contributed by atoms with Crippen LogP contribution in [-0.2, 0) is 27.3 Å². The van der Waals surface area contributed by atoms with Gasteiger partial charge >= 0.3 is 0 Å². The van der Waals surface area contributed by atoms with Crippen LogP contribution >= 0.6 is 0 Å². The van der Waals surface area contributed by atoms with Crippen LogP contribution in [0.25, 0.3) is 0 Å². The first-order valence-corrected chi connectivity index (χ1v) is 14.0. The Balaban J connectivity index is 0.000000869. The van der Waals surface area contributed by atoms with E-state index < -0.39 is 18.0 Å². The number of benzene rings is 2. The minimum atomic E-state index is -0.972. The van der Waals surface area contributed by atoms with E-state index >= 15 is 0 Å². The Hall–Kier alpha value is -3.31. The molecule has 2 amide bonds. The summed E-state index contributed by atoms with van der Waals surface area (Å²) in [5, 5.41) is 5.57. The van der Waals surface area contributed by atoms with E-state index in [9.17, 15) is 14.4 Å². The monoisotopic (exact) mass is 556 g/mol. The van der Waals surface area contributed by atoms with Gasteiger partial charge in [0, 0.05) is 39.1 Å². The van der Waals surface area contributed by atoms with E-state index in [0.29, 0.717) is 32.3 Å². The molecule has 0 aliphatic rings. The molecule has 2 aromatic rings. The largest absolute Gasteiger partial charge is 0.494 e. The average Bonchev–Trinajstić information content (AvgIpc) is 2.96. The standard InChI is InChI=1S/C25H33N3O4.C5H15N3/c1-2-3-17-32-21-12-9-20(10-13-21)18-27-25(31)23(28-24(30)22(26)15-16-29)14-11-19-7-5-4-6-8-19;1-8(4-2-6)5-3-7/h4-10,12-13,16,22-23H,2-3,11,14-15,17-18,26H2,1H3,(H,27,31)(H,28,30);2-7H2,1H3. The van der Waals surface area contributed by atoms with Gasteiger partial charge in [-0.25, -0.2) is 0 Å². The number of rotatable bonds is 18. The first-order valence-electron chi connectivity index (χ1n) is 14.0. The number of hydrogen-bond donors (Lipinski definition) is 5. The molecule has 2 aromatic carbocycles. The van der Waals surface area contributed by atoms with Crippen LogP contribution in [0.5, 0.6) is 5.75 Å². The van der Waals surface area contributed by atoms with Crippen LogP contribution in [-0.4, -0.2) is 74.9 Å². The fourth-order valence-electron chi connectivity index (χ4n) is 3.62. The van der Waals surface area contributed by atoms with Crippen molar-refractivity contribution in [1.29, 1.82) is 0 Å². The van der Waals surface area contributed by atoms with Gasteiger partial charge in [-0.15, -0.1) is 0 Å². The number of ether oxygens (including phenoxy) is 1. The molecular formula is C30H48N6O4. The van der Waals surface area contributed by atoms with E-state index in [0.717, 1.165) is 55.9 Å². The zero-order chi connectivity index (χ0) is 29.6. The summed E-state index contributed by atoms with van der Waals surface area (Å²) < 4.78 is 5.65. The highest BCUT2D eigenvalue weighted by Gasteiger charge is 2.23. The van der Waals surface area contributed by atoms with Crippen LogP contribution < -0.4 is 32.6 Å². The van der Waals surface area contributed by atoms with Crippen LogP contribution in [0.1, 0.15) is 43.7 Å². The fourth-order valence-corrected chi connectivity index (χ4v) is 3.62. The van der Waals surface area contributed by atoms with Crippen molar-refractivity contribution in [1.82, 2.24) is 15.5 Å². The Labute approximate surface area is 239 Å². The summed E-state index contributed by atoms with van der Waals surface area (Å²) in [7, 11) is 2.01. The molecule has 0 saturated heterocycles. The SMILES string of the molecule is CCCCOc1ccc(CNC(=O)C(CCc2ccccc2)NC(=O)C(N)CC=O)cc1.CN(CCN)CCN. The van der Waals surface area contributed by atoms with Crippen LogP contribution in [0.3, 0.4) is 0 Å². The normalized spacial score (nSPS) is 12.1. The molecule has 2 atom stereocenters. The van der Waals surface area contributed by atoms with E-state index in [1.807, 2.05) is 61.6 Å². The lowest BCUT2D eigenvalue weighted by Crippen LogP contribution is -2.51. The molecule has 0 aliphatic heterocycles. The molecule has 10 nitrogen and oxygen atoms in total. The molecule has 2 unspecified atom stereocenters. The number of aryl methyl sites for hydroxylation is 1. The maximum absolute atomic E-state index is 12.8. The highest BCUT2D eigenvalue weighted by Crippen LogP contribution is 2.13. The van der Waals surface area contributed by atoms with Crippen LogP contribution in [0.2, 0.25) is 0 Å². The van der Waals surface area contributed by atoms with Crippen molar-refractivity contribution >= 4 is 18.1 Å². The second-order valence-corrected chi connectivity index (χ2v) is 9.54. The van der Waals surface area contributed by atoms with Crippen molar-refractivity contribution in [2.24, 2.45) is 17.2 Å². The molecule has 0 spiro atoms. The second kappa shape index (κ2) is 21.5. The number of unbranched alkanes of at least 4 members (excludes halogenated alkanes) is 1. The maximum atomic E-state index is 12.8. The van der Waals surface area contributed by atoms with Crippen molar-refractivity contribution < 1.29 is 19.1 Å². The van der Waals surface area contributed by atoms with Gasteiger partial charge in [0.15, 0.2) is 0 Å². The van der Waals surface area contributed by atoms with Gasteiger partial charge in [0.05, 0.1) is 12.6 Å². The minimum absolute atomic E-state index is 0.0917.